The van der Waals surface area contributed by atoms with Gasteiger partial charge >= 0.3 is 12.1 Å². The molecule has 4 fully saturated rings. The quantitative estimate of drug-likeness (QED) is 0.109. The second-order valence-electron chi connectivity index (χ2n) is 14.3. The van der Waals surface area contributed by atoms with Gasteiger partial charge in [-0.1, -0.05) is 53.5 Å². The lowest BCUT2D eigenvalue weighted by molar-refractivity contribution is -0.904. The number of aromatic nitrogens is 1. The number of hydrogen-bond acceptors (Lipinski definition) is 7. The topological polar surface area (TPSA) is 113 Å². The van der Waals surface area contributed by atoms with Gasteiger partial charge in [-0.3, -0.25) is 15.0 Å². The van der Waals surface area contributed by atoms with Gasteiger partial charge in [-0.05, 0) is 111 Å². The minimum absolute atomic E-state index is 0.0190. The van der Waals surface area contributed by atoms with Crippen LogP contribution in [0.5, 0.6) is 11.5 Å². The Balaban J connectivity index is 1.30. The number of methoxy groups -OCH3 is 1. The molecule has 1 aliphatic carbocycles. The molecule has 3 saturated heterocycles. The summed E-state index contributed by atoms with van der Waals surface area (Å²) in [5.74, 6) is -1.11. The van der Waals surface area contributed by atoms with Gasteiger partial charge in [-0.25, -0.2) is 14.0 Å². The molecule has 2 atom stereocenters. The van der Waals surface area contributed by atoms with Crippen molar-refractivity contribution in [3.05, 3.63) is 117 Å². The lowest BCUT2D eigenvalue weighted by atomic mass is 9.82. The number of carboxylic acids is 1. The van der Waals surface area contributed by atoms with Crippen LogP contribution in [0.3, 0.4) is 0 Å². The van der Waals surface area contributed by atoms with Crippen molar-refractivity contribution in [1.82, 2.24) is 4.90 Å². The van der Waals surface area contributed by atoms with Crippen LogP contribution in [0.1, 0.15) is 77.1 Å². The normalized spacial score (nSPS) is 20.0. The second kappa shape index (κ2) is 16.4. The molecule has 2 N–H and O–H groups in total. The number of fused-ring (bicyclic) bond motifs is 3. The number of ether oxygens (including phenoxy) is 3. The molecule has 1 aromatic heterocycles. The number of halogens is 3. The summed E-state index contributed by atoms with van der Waals surface area (Å²) in [6, 6.07) is 16.4. The van der Waals surface area contributed by atoms with E-state index in [4.69, 9.17) is 37.4 Å². The highest BCUT2D eigenvalue weighted by Crippen LogP contribution is 2.41. The van der Waals surface area contributed by atoms with Crippen LogP contribution in [0, 0.1) is 11.7 Å². The zero-order valence-electron chi connectivity index (χ0n) is 29.9. The van der Waals surface area contributed by atoms with Crippen LogP contribution in [0.4, 0.5) is 14.9 Å². The van der Waals surface area contributed by atoms with Crippen LogP contribution in [0.25, 0.3) is 0 Å². The van der Waals surface area contributed by atoms with Gasteiger partial charge in [0.2, 0.25) is 12.4 Å². The summed E-state index contributed by atoms with van der Waals surface area (Å²) in [5, 5.41) is 21.0. The van der Waals surface area contributed by atoms with Gasteiger partial charge < -0.3 is 19.3 Å². The van der Waals surface area contributed by atoms with E-state index in [1.54, 1.807) is 37.4 Å². The number of anilines is 1. The van der Waals surface area contributed by atoms with Gasteiger partial charge in [0, 0.05) is 22.8 Å². The number of rotatable bonds is 12. The van der Waals surface area contributed by atoms with E-state index in [2.05, 4.69) is 4.90 Å². The number of aromatic carboxylic acids is 1. The van der Waals surface area contributed by atoms with E-state index in [9.17, 15) is 19.9 Å². The molecule has 10 nitrogen and oxygen atoms in total. The molecule has 1 amide bonds. The highest BCUT2D eigenvalue weighted by Gasteiger charge is 2.38. The highest BCUT2D eigenvalue weighted by molar-refractivity contribution is 6.35. The molecule has 2 bridgehead atoms. The summed E-state index contributed by atoms with van der Waals surface area (Å²) < 4.78 is 34.4. The van der Waals surface area contributed by atoms with Crippen LogP contribution in [0.2, 0.25) is 10.0 Å². The SMILES string of the molecule is COc1ccc([C@H](Cc2c(Cl)c[n+](O)cc2Cl)c2cc(CN(C(=O)O[C@H]3CN4CCC3CC4)c3ccccc3F)ccc2C(=O)O)cc1OC1CCCC1. The third-order valence-electron chi connectivity index (χ3n) is 10.9. The minimum atomic E-state index is -1.16. The number of pyridine rings is 1. The molecular formula is C41H43Cl2FN3O7+. The zero-order chi connectivity index (χ0) is 37.9. The van der Waals surface area contributed by atoms with Crippen LogP contribution in [0.15, 0.2) is 73.1 Å². The fourth-order valence-electron chi connectivity index (χ4n) is 8.07. The Morgan fingerprint density at radius 1 is 0.981 bits per heavy atom. The van der Waals surface area contributed by atoms with Gasteiger partial charge in [0.15, 0.2) is 11.5 Å². The monoisotopic (exact) mass is 778 g/mol. The molecule has 0 spiro atoms. The van der Waals surface area contributed by atoms with Gasteiger partial charge in [0.1, 0.15) is 22.0 Å². The smallest absolute Gasteiger partial charge is 0.415 e. The molecule has 3 aromatic carbocycles. The van der Waals surface area contributed by atoms with Gasteiger partial charge in [0.25, 0.3) is 0 Å². The molecule has 8 rings (SSSR count). The van der Waals surface area contributed by atoms with E-state index in [0.29, 0.717) is 40.3 Å². The van der Waals surface area contributed by atoms with E-state index >= 15 is 4.39 Å². The summed E-state index contributed by atoms with van der Waals surface area (Å²) in [4.78, 5) is 30.4. The maximum Gasteiger partial charge on any atom is 0.415 e. The Kier molecular flexibility index (Phi) is 11.5. The third kappa shape index (κ3) is 8.23. The molecule has 0 radical (unpaired) electrons. The summed E-state index contributed by atoms with van der Waals surface area (Å²) >= 11 is 13.3. The summed E-state index contributed by atoms with van der Waals surface area (Å²) in [6.07, 6.45) is 7.63. The molecular weight excluding hydrogens is 736 g/mol. The predicted molar refractivity (Wildman–Crippen MR) is 201 cm³/mol. The number of benzene rings is 3. The summed E-state index contributed by atoms with van der Waals surface area (Å²) in [5.41, 5.74) is 2.20. The van der Waals surface area contributed by atoms with Crippen molar-refractivity contribution in [3.8, 4) is 11.5 Å². The van der Waals surface area contributed by atoms with Crippen LogP contribution in [-0.2, 0) is 17.7 Å². The summed E-state index contributed by atoms with van der Waals surface area (Å²) in [6.45, 7) is 2.47. The number of hydrogen-bond donors (Lipinski definition) is 2. The fraction of sp³-hybridized carbons (Fsp3) is 0.390. The van der Waals surface area contributed by atoms with Crippen molar-refractivity contribution >= 4 is 41.0 Å². The Labute approximate surface area is 323 Å². The number of nitrogens with zero attached hydrogens (tertiary/aromatic N) is 3. The predicted octanol–water partition coefficient (Wildman–Crippen LogP) is 8.30. The molecule has 54 heavy (non-hydrogen) atoms. The average molecular weight is 780 g/mol. The largest absolute Gasteiger partial charge is 0.493 e. The molecule has 3 aliphatic heterocycles. The molecule has 0 unspecified atom stereocenters. The van der Waals surface area contributed by atoms with E-state index in [0.717, 1.165) is 56.3 Å². The first-order valence-corrected chi connectivity index (χ1v) is 19.1. The zero-order valence-corrected chi connectivity index (χ0v) is 31.4. The van der Waals surface area contributed by atoms with Gasteiger partial charge in [-0.2, -0.15) is 0 Å². The second-order valence-corrected chi connectivity index (χ2v) is 15.1. The van der Waals surface area contributed by atoms with Gasteiger partial charge in [0.05, 0.1) is 31.0 Å². The van der Waals surface area contributed by atoms with Crippen molar-refractivity contribution in [1.29, 1.82) is 0 Å². The summed E-state index contributed by atoms with van der Waals surface area (Å²) in [7, 11) is 1.57. The average Bonchev–Trinajstić information content (AvgIpc) is 3.67. The standard InChI is InChI=1S/C41H42Cl2FN3O7/c1-52-37-13-11-27(19-38(37)53-28-6-2-3-7-28)30(20-32-33(42)22-46(51)23-34(32)43)31-18-25(10-12-29(31)40(48)49)21-47(36-9-5-4-8-35(36)44)41(50)54-39-24-45-16-14-26(39)15-17-45/h4-5,8-13,18-19,22-23,26,28,30,39H,2-3,6-7,14-17,20-21,24H2,1H3,(H-,48,49,51)/p+1/t30-,39-/m0/s1. The van der Waals surface area contributed by atoms with Crippen molar-refractivity contribution in [2.24, 2.45) is 5.92 Å². The Morgan fingerprint density at radius 2 is 1.70 bits per heavy atom. The van der Waals surface area contributed by atoms with Crippen LogP contribution < -0.4 is 19.1 Å². The van der Waals surface area contributed by atoms with Crippen molar-refractivity contribution < 1.29 is 43.2 Å². The Morgan fingerprint density at radius 3 is 2.35 bits per heavy atom. The van der Waals surface area contributed by atoms with Crippen LogP contribution >= 0.6 is 23.2 Å². The maximum atomic E-state index is 15.4. The maximum absolute atomic E-state index is 15.4. The Hall–Kier alpha value is -4.58. The highest BCUT2D eigenvalue weighted by atomic mass is 35.5. The van der Waals surface area contributed by atoms with E-state index in [-0.39, 0.29) is 52.4 Å². The first kappa shape index (κ1) is 37.7. The minimum Gasteiger partial charge on any atom is -0.493 e. The van der Waals surface area contributed by atoms with E-state index < -0.39 is 23.8 Å². The van der Waals surface area contributed by atoms with Crippen molar-refractivity contribution in [3.63, 3.8) is 0 Å². The molecule has 284 valence electrons. The lowest BCUT2D eigenvalue weighted by Crippen LogP contribution is -2.53. The first-order valence-electron chi connectivity index (χ1n) is 18.3. The van der Waals surface area contributed by atoms with Crippen molar-refractivity contribution in [2.75, 3.05) is 31.6 Å². The van der Waals surface area contributed by atoms with E-state index in [1.165, 1.54) is 35.5 Å². The fourth-order valence-corrected chi connectivity index (χ4v) is 8.67. The molecule has 4 aromatic rings. The number of amides is 1. The first-order chi connectivity index (χ1) is 26.1. The van der Waals surface area contributed by atoms with Crippen LogP contribution in [-0.4, -0.2) is 66.2 Å². The molecule has 4 aliphatic rings. The lowest BCUT2D eigenvalue weighted by Gasteiger charge is -2.44. The number of para-hydroxylation sites is 1. The molecule has 4 heterocycles. The third-order valence-corrected chi connectivity index (χ3v) is 11.6. The number of carboxylic acid groups (broad SMARTS) is 1. The molecule has 13 heteroatoms. The van der Waals surface area contributed by atoms with Crippen molar-refractivity contribution in [2.45, 2.75) is 69.6 Å². The molecule has 1 saturated carbocycles. The number of piperidine rings is 3. The number of carbonyl (C=O) groups excluding carboxylic acids is 1. The van der Waals surface area contributed by atoms with Gasteiger partial charge in [-0.15, -0.1) is 0 Å². The number of carbonyl (C=O) groups is 2. The van der Waals surface area contributed by atoms with E-state index in [1.807, 2.05) is 12.1 Å². The Bertz CT molecular complexity index is 2000.